The SMILES string of the molecule is CN=C(NCCCNC(=O)c1occc1C)NC1CCCN(c2ccc(C)cc2)C1.I. The zero-order valence-electron chi connectivity index (χ0n) is 18.6. The number of nitrogens with one attached hydrogen (secondary N) is 3. The van der Waals surface area contributed by atoms with E-state index >= 15 is 0 Å². The van der Waals surface area contributed by atoms with Gasteiger partial charge in [0.05, 0.1) is 6.26 Å². The van der Waals surface area contributed by atoms with Crippen molar-refractivity contribution < 1.29 is 9.21 Å². The maximum atomic E-state index is 12.0. The number of piperidine rings is 1. The Morgan fingerprint density at radius 1 is 1.16 bits per heavy atom. The van der Waals surface area contributed by atoms with Crippen LogP contribution < -0.4 is 20.9 Å². The van der Waals surface area contributed by atoms with Crippen molar-refractivity contribution in [3.8, 4) is 0 Å². The maximum Gasteiger partial charge on any atom is 0.287 e. The highest BCUT2D eigenvalue weighted by Crippen LogP contribution is 2.20. The minimum atomic E-state index is -0.168. The zero-order chi connectivity index (χ0) is 21.3. The highest BCUT2D eigenvalue weighted by atomic mass is 127. The van der Waals surface area contributed by atoms with E-state index in [9.17, 15) is 4.79 Å². The lowest BCUT2D eigenvalue weighted by Crippen LogP contribution is -2.51. The fourth-order valence-corrected chi connectivity index (χ4v) is 3.66. The Morgan fingerprint density at radius 2 is 1.90 bits per heavy atom. The molecular weight excluding hydrogens is 505 g/mol. The molecule has 0 bridgehead atoms. The molecule has 1 aromatic carbocycles. The third kappa shape index (κ3) is 7.45. The molecule has 1 unspecified atom stereocenters. The lowest BCUT2D eigenvalue weighted by atomic mass is 10.0. The van der Waals surface area contributed by atoms with E-state index in [-0.39, 0.29) is 29.9 Å². The van der Waals surface area contributed by atoms with E-state index < -0.39 is 0 Å². The summed E-state index contributed by atoms with van der Waals surface area (Å²) >= 11 is 0. The van der Waals surface area contributed by atoms with Gasteiger partial charge in [-0.1, -0.05) is 17.7 Å². The second-order valence-electron chi connectivity index (χ2n) is 7.81. The highest BCUT2D eigenvalue weighted by Gasteiger charge is 2.21. The van der Waals surface area contributed by atoms with Crippen LogP contribution >= 0.6 is 24.0 Å². The van der Waals surface area contributed by atoms with Gasteiger partial charge in [-0.3, -0.25) is 9.79 Å². The van der Waals surface area contributed by atoms with Gasteiger partial charge in [-0.25, -0.2) is 0 Å². The Kier molecular flexibility index (Phi) is 10.2. The van der Waals surface area contributed by atoms with Crippen molar-refractivity contribution in [2.75, 3.05) is 38.1 Å². The average molecular weight is 539 g/mol. The first kappa shape index (κ1) is 25.0. The number of halogens is 1. The number of carbonyl (C=O) groups is 1. The van der Waals surface area contributed by atoms with Gasteiger partial charge in [-0.15, -0.1) is 24.0 Å². The minimum absolute atomic E-state index is 0. The van der Waals surface area contributed by atoms with Gasteiger partial charge in [0.25, 0.3) is 5.91 Å². The number of nitrogens with zero attached hydrogens (tertiary/aromatic N) is 2. The summed E-state index contributed by atoms with van der Waals surface area (Å²) in [6.45, 7) is 7.33. The standard InChI is InChI=1S/C23H33N5O2.HI/c1-17-7-9-20(10-8-17)28-14-4-6-19(16-28)27-23(24-3)26-13-5-12-25-22(29)21-18(2)11-15-30-21;/h7-11,15,19H,4-6,12-14,16H2,1-3H3,(H,25,29)(H2,24,26,27);1H. The van der Waals surface area contributed by atoms with Crippen molar-refractivity contribution in [2.24, 2.45) is 4.99 Å². The van der Waals surface area contributed by atoms with Crippen molar-refractivity contribution in [3.05, 3.63) is 53.5 Å². The van der Waals surface area contributed by atoms with Gasteiger partial charge in [-0.2, -0.15) is 0 Å². The quantitative estimate of drug-likeness (QED) is 0.217. The van der Waals surface area contributed by atoms with E-state index in [1.807, 2.05) is 6.92 Å². The minimum Gasteiger partial charge on any atom is -0.459 e. The summed E-state index contributed by atoms with van der Waals surface area (Å²) in [6, 6.07) is 10.9. The molecule has 0 aliphatic carbocycles. The van der Waals surface area contributed by atoms with Crippen LogP contribution in [0.5, 0.6) is 0 Å². The summed E-state index contributed by atoms with van der Waals surface area (Å²) in [5.41, 5.74) is 3.41. The molecule has 7 nitrogen and oxygen atoms in total. The number of anilines is 1. The Morgan fingerprint density at radius 3 is 2.58 bits per heavy atom. The van der Waals surface area contributed by atoms with E-state index in [2.05, 4.69) is 57.0 Å². The molecule has 1 fully saturated rings. The molecule has 1 atom stereocenters. The maximum absolute atomic E-state index is 12.0. The van der Waals surface area contributed by atoms with Crippen LogP contribution in [0.1, 0.15) is 40.9 Å². The predicted octanol–water partition coefficient (Wildman–Crippen LogP) is 3.47. The summed E-state index contributed by atoms with van der Waals surface area (Å²) in [5, 5.41) is 9.77. The molecule has 8 heteroatoms. The lowest BCUT2D eigenvalue weighted by Gasteiger charge is -2.35. The molecule has 2 aromatic rings. The van der Waals surface area contributed by atoms with E-state index in [0.717, 1.165) is 50.4 Å². The molecule has 1 aromatic heterocycles. The van der Waals surface area contributed by atoms with Gasteiger partial charge in [0.15, 0.2) is 11.7 Å². The Bertz CT molecular complexity index is 850. The van der Waals surface area contributed by atoms with Gasteiger partial charge in [0.1, 0.15) is 0 Å². The molecule has 3 rings (SSSR count). The molecular formula is C23H34IN5O2. The van der Waals surface area contributed by atoms with Crippen LogP contribution in [0.15, 0.2) is 46.0 Å². The number of rotatable bonds is 7. The number of carbonyl (C=O) groups excluding carboxylic acids is 1. The molecule has 2 heterocycles. The molecule has 0 saturated carbocycles. The molecule has 0 spiro atoms. The van der Waals surface area contributed by atoms with Gasteiger partial charge in [0.2, 0.25) is 0 Å². The first-order chi connectivity index (χ1) is 14.6. The highest BCUT2D eigenvalue weighted by molar-refractivity contribution is 14.0. The van der Waals surface area contributed by atoms with Crippen LogP contribution in [0, 0.1) is 13.8 Å². The number of hydrogen-bond donors (Lipinski definition) is 3. The number of aryl methyl sites for hydroxylation is 2. The average Bonchev–Trinajstić information content (AvgIpc) is 3.19. The number of benzene rings is 1. The summed E-state index contributed by atoms with van der Waals surface area (Å²) in [5.74, 6) is 1.02. The number of guanidine groups is 1. The summed E-state index contributed by atoms with van der Waals surface area (Å²) in [6.07, 6.45) is 4.61. The van der Waals surface area contributed by atoms with E-state index in [4.69, 9.17) is 4.42 Å². The normalized spacial score (nSPS) is 16.4. The first-order valence-corrected chi connectivity index (χ1v) is 10.7. The Balaban J connectivity index is 0.00000341. The van der Waals surface area contributed by atoms with Gasteiger partial charge >= 0.3 is 0 Å². The molecule has 170 valence electrons. The van der Waals surface area contributed by atoms with Crippen molar-refractivity contribution in [2.45, 2.75) is 39.2 Å². The van der Waals surface area contributed by atoms with Gasteiger partial charge in [0, 0.05) is 50.5 Å². The predicted molar refractivity (Wildman–Crippen MR) is 137 cm³/mol. The fraction of sp³-hybridized carbons (Fsp3) is 0.478. The van der Waals surface area contributed by atoms with E-state index in [0.29, 0.717) is 18.3 Å². The van der Waals surface area contributed by atoms with Crippen molar-refractivity contribution in [1.82, 2.24) is 16.0 Å². The number of hydrogen-bond acceptors (Lipinski definition) is 4. The third-order valence-corrected chi connectivity index (χ3v) is 5.38. The molecule has 1 aliphatic rings. The van der Waals surface area contributed by atoms with Crippen molar-refractivity contribution >= 4 is 41.5 Å². The first-order valence-electron chi connectivity index (χ1n) is 10.7. The van der Waals surface area contributed by atoms with Crippen LogP contribution in [-0.4, -0.2) is 51.1 Å². The van der Waals surface area contributed by atoms with E-state index in [1.54, 1.807) is 13.1 Å². The molecule has 1 aliphatic heterocycles. The number of aliphatic imine (C=N–C) groups is 1. The monoisotopic (exact) mass is 539 g/mol. The molecule has 0 radical (unpaired) electrons. The van der Waals surface area contributed by atoms with E-state index in [1.165, 1.54) is 17.5 Å². The topological polar surface area (TPSA) is 81.9 Å². The molecule has 1 amide bonds. The van der Waals surface area contributed by atoms with Gasteiger partial charge in [-0.05, 0) is 51.3 Å². The second kappa shape index (κ2) is 12.6. The smallest absolute Gasteiger partial charge is 0.287 e. The summed E-state index contributed by atoms with van der Waals surface area (Å²) in [4.78, 5) is 18.8. The summed E-state index contributed by atoms with van der Waals surface area (Å²) < 4.78 is 5.21. The zero-order valence-corrected chi connectivity index (χ0v) is 20.9. The van der Waals surface area contributed by atoms with Crippen molar-refractivity contribution in [3.63, 3.8) is 0 Å². The van der Waals surface area contributed by atoms with Gasteiger partial charge < -0.3 is 25.3 Å². The third-order valence-electron chi connectivity index (χ3n) is 5.38. The molecule has 3 N–H and O–H groups in total. The Labute approximate surface area is 202 Å². The van der Waals surface area contributed by atoms with Crippen LogP contribution in [0.25, 0.3) is 0 Å². The van der Waals surface area contributed by atoms with Crippen molar-refractivity contribution in [1.29, 1.82) is 0 Å². The summed E-state index contributed by atoms with van der Waals surface area (Å²) in [7, 11) is 1.79. The van der Waals surface area contributed by atoms with Crippen LogP contribution in [0.3, 0.4) is 0 Å². The lowest BCUT2D eigenvalue weighted by molar-refractivity contribution is 0.0925. The second-order valence-corrected chi connectivity index (χ2v) is 7.81. The molecule has 31 heavy (non-hydrogen) atoms. The fourth-order valence-electron chi connectivity index (χ4n) is 3.66. The number of amides is 1. The van der Waals surface area contributed by atoms with Crippen LogP contribution in [0.4, 0.5) is 5.69 Å². The van der Waals surface area contributed by atoms with Crippen LogP contribution in [-0.2, 0) is 0 Å². The number of furan rings is 1. The largest absolute Gasteiger partial charge is 0.459 e. The van der Waals surface area contributed by atoms with Crippen LogP contribution in [0.2, 0.25) is 0 Å². The Hall–Kier alpha value is -2.23. The molecule has 1 saturated heterocycles.